The van der Waals surface area contributed by atoms with Crippen molar-refractivity contribution in [2.75, 3.05) is 0 Å². The van der Waals surface area contributed by atoms with Crippen LogP contribution in [-0.4, -0.2) is 30.7 Å². The normalized spacial score (nSPS) is 9.10. The molecule has 0 saturated heterocycles. The van der Waals surface area contributed by atoms with Gasteiger partial charge in [0.25, 0.3) is 0 Å². The molecule has 0 amide bonds. The molecule has 3 nitrogen and oxygen atoms in total. The van der Waals surface area contributed by atoms with Crippen LogP contribution in [0.1, 0.15) is 0 Å². The van der Waals surface area contributed by atoms with Gasteiger partial charge < -0.3 is 0 Å². The van der Waals surface area contributed by atoms with Gasteiger partial charge in [-0.05, 0) is 0 Å². The fourth-order valence-electron chi connectivity index (χ4n) is 0.596. The van der Waals surface area contributed by atoms with Gasteiger partial charge in [0.15, 0.2) is 0 Å². The zero-order valence-corrected chi connectivity index (χ0v) is 9.64. The fraction of sp³-hybridized carbons (Fsp3) is 0. The molecule has 0 radical (unpaired) electrons. The molecule has 1 aromatic carbocycles. The molecule has 0 aliphatic carbocycles. The number of hydrogen-bond donors (Lipinski definition) is 0. The Balaban J connectivity index is 3.00. The second-order valence-corrected chi connectivity index (χ2v) is 4.44. The summed E-state index contributed by atoms with van der Waals surface area (Å²) in [5, 5.41) is 10.1. The first-order valence-corrected chi connectivity index (χ1v) is 4.94. The molecular weight excluding hydrogens is 322 g/mol. The van der Waals surface area contributed by atoms with E-state index in [4.69, 9.17) is 0 Å². The first-order chi connectivity index (χ1) is 4.70. The Kier molecular flexibility index (Phi) is 2.36. The number of hydrogen-bond acceptors (Lipinski definition) is 2. The van der Waals surface area contributed by atoms with E-state index in [-0.39, 0.29) is 10.6 Å². The van der Waals surface area contributed by atoms with Crippen LogP contribution in [0.2, 0.25) is 0 Å². The van der Waals surface area contributed by atoms with E-state index in [9.17, 15) is 10.1 Å². The number of nitro benzene ring substituents is 1. The van der Waals surface area contributed by atoms with Crippen LogP contribution in [0.3, 0.4) is 0 Å². The van der Waals surface area contributed by atoms with Crippen molar-refractivity contribution in [2.24, 2.45) is 0 Å². The van der Waals surface area contributed by atoms with Crippen molar-refractivity contribution in [1.82, 2.24) is 0 Å². The molecule has 0 N–H and O–H groups in total. The molecule has 0 fully saturated rings. The Morgan fingerprint density at radius 1 is 1.30 bits per heavy atom. The second-order valence-electron chi connectivity index (χ2n) is 1.85. The molecule has 10 heavy (non-hydrogen) atoms. The van der Waals surface area contributed by atoms with Gasteiger partial charge in [-0.1, -0.05) is 0 Å². The van der Waals surface area contributed by atoms with Crippen molar-refractivity contribution in [3.8, 4) is 0 Å². The minimum atomic E-state index is -0.385. The Morgan fingerprint density at radius 3 is 2.20 bits per heavy atom. The maximum absolute atomic E-state index is 10.1. The van der Waals surface area contributed by atoms with Crippen molar-refractivity contribution in [3.63, 3.8) is 0 Å². The molecule has 48 valence electrons. The van der Waals surface area contributed by atoms with Crippen LogP contribution in [0.4, 0.5) is 5.69 Å². The van der Waals surface area contributed by atoms with Crippen molar-refractivity contribution in [2.45, 2.75) is 0 Å². The molecule has 0 spiro atoms. The van der Waals surface area contributed by atoms with Gasteiger partial charge >= 0.3 is 73.9 Å². The topological polar surface area (TPSA) is 43.1 Å². The summed E-state index contributed by atoms with van der Waals surface area (Å²) < 4.78 is 1.20. The molecule has 0 aliphatic rings. The molecule has 0 aliphatic heterocycles. The summed E-state index contributed by atoms with van der Waals surface area (Å²) in [6.45, 7) is 0. The van der Waals surface area contributed by atoms with Gasteiger partial charge in [-0.25, -0.2) is 0 Å². The molecule has 1 aromatic rings. The third-order valence-electron chi connectivity index (χ3n) is 1.10. The minimum absolute atomic E-state index is 0.171. The second kappa shape index (κ2) is 3.09. The average Bonchev–Trinajstić information content (AvgIpc) is 1.88. The van der Waals surface area contributed by atoms with Crippen LogP contribution >= 0.6 is 0 Å². The van der Waals surface area contributed by atoms with Crippen molar-refractivity contribution in [1.29, 1.82) is 0 Å². The SMILES string of the molecule is O=[N+]([O-])c1cc[c]([Tl])cc1. The van der Waals surface area contributed by atoms with Gasteiger partial charge in [0.1, 0.15) is 0 Å². The van der Waals surface area contributed by atoms with Crippen LogP contribution in [0, 0.1) is 10.1 Å². The van der Waals surface area contributed by atoms with E-state index in [1.165, 1.54) is 15.3 Å². The zero-order valence-electron chi connectivity index (χ0n) is 5.15. The Morgan fingerprint density at radius 2 is 1.80 bits per heavy atom. The summed E-state index contributed by atoms with van der Waals surface area (Å²) in [4.78, 5) is 9.75. The monoisotopic (exact) mass is 327 g/mol. The first-order valence-electron chi connectivity index (χ1n) is 2.70. The standard InChI is InChI=1S/C6H4NO2.Tl/c8-7(9)6-4-2-1-3-5-6;/h2-5H;. The molecule has 0 unspecified atom stereocenters. The van der Waals surface area contributed by atoms with Crippen LogP contribution in [0.15, 0.2) is 24.3 Å². The quantitative estimate of drug-likeness (QED) is 0.426. The summed E-state index contributed by atoms with van der Waals surface area (Å²) in [7, 11) is 0. The number of non-ortho nitro benzene ring substituents is 1. The molecule has 4 heteroatoms. The van der Waals surface area contributed by atoms with Gasteiger partial charge in [0, 0.05) is 0 Å². The summed E-state index contributed by atoms with van der Waals surface area (Å²) in [5.74, 6) is 0. The molecular formula is C6H4NO2Tl. The van der Waals surface area contributed by atoms with Gasteiger partial charge in [0.05, 0.1) is 0 Å². The third kappa shape index (κ3) is 1.76. The molecule has 0 bridgehead atoms. The van der Waals surface area contributed by atoms with Crippen LogP contribution in [0.25, 0.3) is 0 Å². The van der Waals surface area contributed by atoms with Crippen molar-refractivity contribution in [3.05, 3.63) is 34.4 Å². The molecule has 1 rings (SSSR count). The Hall–Kier alpha value is -0.458. The molecule has 0 atom stereocenters. The molecule has 0 saturated carbocycles. The summed E-state index contributed by atoms with van der Waals surface area (Å²) in [6, 6.07) is 6.66. The van der Waals surface area contributed by atoms with Crippen LogP contribution < -0.4 is 3.12 Å². The number of benzene rings is 1. The van der Waals surface area contributed by atoms with E-state index in [1.54, 1.807) is 12.1 Å². The number of nitro groups is 1. The van der Waals surface area contributed by atoms with E-state index in [2.05, 4.69) is 0 Å². The third-order valence-corrected chi connectivity index (χ3v) is 2.60. The summed E-state index contributed by atoms with van der Waals surface area (Å²) in [5.41, 5.74) is 0.171. The van der Waals surface area contributed by atoms with E-state index in [1.807, 2.05) is 0 Å². The number of rotatable bonds is 1. The van der Waals surface area contributed by atoms with Crippen LogP contribution in [-0.2, 0) is 0 Å². The van der Waals surface area contributed by atoms with Gasteiger partial charge in [-0.3, -0.25) is 0 Å². The van der Waals surface area contributed by atoms with E-state index in [0.29, 0.717) is 0 Å². The summed E-state index contributed by atoms with van der Waals surface area (Å²) >= 11 is 0.755. The predicted octanol–water partition coefficient (Wildman–Crippen LogP) is 0.389. The van der Waals surface area contributed by atoms with Crippen molar-refractivity contribution < 1.29 is 4.92 Å². The van der Waals surface area contributed by atoms with Gasteiger partial charge in [-0.2, -0.15) is 0 Å². The first kappa shape index (κ1) is 7.65. The van der Waals surface area contributed by atoms with E-state index in [0.717, 1.165) is 25.8 Å². The zero-order chi connectivity index (χ0) is 7.56. The Labute approximate surface area is 73.9 Å². The van der Waals surface area contributed by atoms with E-state index < -0.39 is 0 Å². The van der Waals surface area contributed by atoms with Crippen LogP contribution in [0.5, 0.6) is 0 Å². The van der Waals surface area contributed by atoms with Gasteiger partial charge in [-0.15, -0.1) is 0 Å². The van der Waals surface area contributed by atoms with E-state index >= 15 is 0 Å². The predicted molar refractivity (Wildman–Crippen MR) is 38.5 cm³/mol. The maximum atomic E-state index is 10.1. The molecule has 0 heterocycles. The average molecular weight is 326 g/mol. The van der Waals surface area contributed by atoms with Crippen molar-refractivity contribution >= 4 is 34.6 Å². The molecule has 0 aromatic heterocycles. The van der Waals surface area contributed by atoms with Gasteiger partial charge in [0.2, 0.25) is 0 Å². The number of nitrogens with zero attached hydrogens (tertiary/aromatic N) is 1. The fourth-order valence-corrected chi connectivity index (χ4v) is 1.34. The Bertz CT molecular complexity index is 244. The summed E-state index contributed by atoms with van der Waals surface area (Å²) in [6.07, 6.45) is 0.